The molecule has 0 aromatic heterocycles. The van der Waals surface area contributed by atoms with Crippen molar-refractivity contribution < 1.29 is 13.2 Å². The van der Waals surface area contributed by atoms with Crippen molar-refractivity contribution in [2.24, 2.45) is 5.92 Å². The molecule has 0 unspecified atom stereocenters. The summed E-state index contributed by atoms with van der Waals surface area (Å²) in [4.78, 5) is 0. The van der Waals surface area contributed by atoms with Crippen molar-refractivity contribution in [1.82, 2.24) is 0 Å². The predicted octanol–water partition coefficient (Wildman–Crippen LogP) is 7.87. The van der Waals surface area contributed by atoms with Crippen molar-refractivity contribution in [3.63, 3.8) is 0 Å². The summed E-state index contributed by atoms with van der Waals surface area (Å²) in [7, 11) is 0. The Hall–Kier alpha value is -2.80. The summed E-state index contributed by atoms with van der Waals surface area (Å²) in [6.45, 7) is 2.24. The second-order valence-electron chi connectivity index (χ2n) is 8.34. The average molecular weight is 407 g/mol. The first kappa shape index (κ1) is 20.5. The van der Waals surface area contributed by atoms with Crippen LogP contribution in [0.3, 0.4) is 0 Å². The third-order valence-electron chi connectivity index (χ3n) is 6.45. The van der Waals surface area contributed by atoms with E-state index in [0.717, 1.165) is 17.5 Å². The molecule has 0 aliphatic heterocycles. The van der Waals surface area contributed by atoms with Crippen molar-refractivity contribution in [3.8, 4) is 17.2 Å². The maximum Gasteiger partial charge on any atom is 0.154 e. The molecule has 0 bridgehead atoms. The van der Waals surface area contributed by atoms with E-state index in [9.17, 15) is 13.2 Å². The lowest BCUT2D eigenvalue weighted by Crippen LogP contribution is -2.13. The van der Waals surface area contributed by atoms with Crippen LogP contribution >= 0.6 is 0 Å². The van der Waals surface area contributed by atoms with Crippen LogP contribution in [0.15, 0.2) is 42.5 Å². The van der Waals surface area contributed by atoms with Crippen LogP contribution in [-0.4, -0.2) is 0 Å². The Bertz CT molecular complexity index is 1100. The Morgan fingerprint density at radius 1 is 0.900 bits per heavy atom. The molecule has 30 heavy (non-hydrogen) atoms. The van der Waals surface area contributed by atoms with Gasteiger partial charge in [0.05, 0.1) is 5.39 Å². The number of nitriles is 1. The molecule has 0 N–H and O–H groups in total. The summed E-state index contributed by atoms with van der Waals surface area (Å²) in [6.07, 6.45) is 7.52. The molecule has 1 aliphatic rings. The van der Waals surface area contributed by atoms with Crippen LogP contribution in [0.1, 0.15) is 62.5 Å². The van der Waals surface area contributed by atoms with E-state index in [4.69, 9.17) is 5.26 Å². The lowest BCUT2D eigenvalue weighted by molar-refractivity contribution is 0.308. The largest absolute Gasteiger partial charge is 0.206 e. The minimum Gasteiger partial charge on any atom is -0.206 e. The lowest BCUT2D eigenvalue weighted by Gasteiger charge is -2.28. The highest BCUT2D eigenvalue weighted by Gasteiger charge is 2.22. The first-order chi connectivity index (χ1) is 14.5. The molecule has 1 nitrogen and oxygen atoms in total. The van der Waals surface area contributed by atoms with Crippen molar-refractivity contribution in [3.05, 3.63) is 71.0 Å². The molecule has 0 heterocycles. The Labute approximate surface area is 175 Å². The summed E-state index contributed by atoms with van der Waals surface area (Å²) in [5.74, 6) is -1.50. The quantitative estimate of drug-likeness (QED) is 0.432. The van der Waals surface area contributed by atoms with Crippen molar-refractivity contribution in [2.75, 3.05) is 0 Å². The van der Waals surface area contributed by atoms with Crippen LogP contribution < -0.4 is 0 Å². The molecule has 0 saturated heterocycles. The van der Waals surface area contributed by atoms with Crippen LogP contribution in [-0.2, 0) is 0 Å². The molecule has 0 spiro atoms. The minimum absolute atomic E-state index is 0.109. The number of benzene rings is 3. The zero-order chi connectivity index (χ0) is 21.3. The molecular formula is C26H24F3N. The summed E-state index contributed by atoms with van der Waals surface area (Å²) < 4.78 is 43.0. The van der Waals surface area contributed by atoms with Gasteiger partial charge in [0.15, 0.2) is 5.82 Å². The van der Waals surface area contributed by atoms with Gasteiger partial charge in [0.2, 0.25) is 0 Å². The highest BCUT2D eigenvalue weighted by atomic mass is 19.1. The third-order valence-corrected chi connectivity index (χ3v) is 6.45. The highest BCUT2D eigenvalue weighted by molar-refractivity contribution is 5.89. The van der Waals surface area contributed by atoms with Gasteiger partial charge in [-0.15, -0.1) is 0 Å². The van der Waals surface area contributed by atoms with Gasteiger partial charge < -0.3 is 0 Å². The van der Waals surface area contributed by atoms with Gasteiger partial charge in [0.25, 0.3) is 0 Å². The van der Waals surface area contributed by atoms with E-state index >= 15 is 0 Å². The Balaban J connectivity index is 1.61. The minimum atomic E-state index is -1.15. The lowest BCUT2D eigenvalue weighted by atomic mass is 9.77. The molecule has 4 heteroatoms. The van der Waals surface area contributed by atoms with E-state index in [1.807, 2.05) is 12.1 Å². The van der Waals surface area contributed by atoms with Gasteiger partial charge in [-0.3, -0.25) is 0 Å². The third kappa shape index (κ3) is 3.81. The number of hydrogen-bond donors (Lipinski definition) is 0. The molecule has 4 rings (SSSR count). The molecule has 154 valence electrons. The summed E-state index contributed by atoms with van der Waals surface area (Å²) >= 11 is 0. The van der Waals surface area contributed by atoms with E-state index in [0.29, 0.717) is 11.5 Å². The SMILES string of the molecule is CCCC1CCC(c2ccc(-c3cc(F)c4c(F)c(C#N)c(F)cc4c3)cc2)CC1. The number of fused-ring (bicyclic) bond motifs is 1. The van der Waals surface area contributed by atoms with Crippen LogP contribution in [0, 0.1) is 34.7 Å². The molecule has 1 saturated carbocycles. The van der Waals surface area contributed by atoms with E-state index in [1.54, 1.807) is 6.07 Å². The Kier molecular flexibility index (Phi) is 5.81. The number of nitrogens with zero attached hydrogens (tertiary/aromatic N) is 1. The van der Waals surface area contributed by atoms with Crippen molar-refractivity contribution in [2.45, 2.75) is 51.4 Å². The van der Waals surface area contributed by atoms with Crippen molar-refractivity contribution >= 4 is 10.8 Å². The predicted molar refractivity (Wildman–Crippen MR) is 114 cm³/mol. The molecule has 3 aromatic rings. The van der Waals surface area contributed by atoms with E-state index in [2.05, 4.69) is 19.1 Å². The molecule has 0 radical (unpaired) electrons. The second-order valence-corrected chi connectivity index (χ2v) is 8.34. The zero-order valence-electron chi connectivity index (χ0n) is 17.0. The number of hydrogen-bond acceptors (Lipinski definition) is 1. The Morgan fingerprint density at radius 3 is 2.23 bits per heavy atom. The number of rotatable bonds is 4. The zero-order valence-corrected chi connectivity index (χ0v) is 17.0. The standard InChI is InChI=1S/C26H24F3N/c1-2-3-16-4-6-17(7-5-16)18-8-10-19(11-9-18)20-12-21-14-23(27)22(15-30)26(29)25(21)24(28)13-20/h8-14,16-17H,2-7H2,1H3. The first-order valence-electron chi connectivity index (χ1n) is 10.6. The smallest absolute Gasteiger partial charge is 0.154 e. The maximum atomic E-state index is 14.6. The fourth-order valence-corrected chi connectivity index (χ4v) is 4.82. The van der Waals surface area contributed by atoms with Gasteiger partial charge in [0.1, 0.15) is 23.3 Å². The van der Waals surface area contributed by atoms with Gasteiger partial charge in [-0.1, -0.05) is 44.0 Å². The molecular weight excluding hydrogens is 383 g/mol. The molecule has 0 atom stereocenters. The monoisotopic (exact) mass is 407 g/mol. The van der Waals surface area contributed by atoms with Gasteiger partial charge >= 0.3 is 0 Å². The molecule has 1 aliphatic carbocycles. The number of halogens is 3. The summed E-state index contributed by atoms with van der Waals surface area (Å²) in [5, 5.41) is 8.66. The van der Waals surface area contributed by atoms with E-state index in [-0.39, 0.29) is 10.8 Å². The van der Waals surface area contributed by atoms with E-state index in [1.165, 1.54) is 56.2 Å². The van der Waals surface area contributed by atoms with Crippen LogP contribution in [0.5, 0.6) is 0 Å². The van der Waals surface area contributed by atoms with Crippen LogP contribution in [0.25, 0.3) is 21.9 Å². The summed E-state index contributed by atoms with van der Waals surface area (Å²) in [5.41, 5.74) is 1.89. The summed E-state index contributed by atoms with van der Waals surface area (Å²) in [6, 6.07) is 13.4. The van der Waals surface area contributed by atoms with Gasteiger partial charge in [-0.2, -0.15) is 5.26 Å². The molecule has 1 fully saturated rings. The highest BCUT2D eigenvalue weighted by Crippen LogP contribution is 2.38. The van der Waals surface area contributed by atoms with Gasteiger partial charge in [-0.25, -0.2) is 13.2 Å². The topological polar surface area (TPSA) is 23.8 Å². The normalized spacial score (nSPS) is 19.0. The fourth-order valence-electron chi connectivity index (χ4n) is 4.82. The van der Waals surface area contributed by atoms with Crippen molar-refractivity contribution in [1.29, 1.82) is 5.26 Å². The van der Waals surface area contributed by atoms with Gasteiger partial charge in [-0.05, 0) is 77.8 Å². The molecule has 0 amide bonds. The fraction of sp³-hybridized carbons (Fsp3) is 0.346. The first-order valence-corrected chi connectivity index (χ1v) is 10.6. The van der Waals surface area contributed by atoms with Crippen LogP contribution in [0.2, 0.25) is 0 Å². The van der Waals surface area contributed by atoms with Crippen LogP contribution in [0.4, 0.5) is 13.2 Å². The maximum absolute atomic E-state index is 14.6. The van der Waals surface area contributed by atoms with E-state index < -0.39 is 23.0 Å². The Morgan fingerprint density at radius 2 is 1.60 bits per heavy atom. The average Bonchev–Trinajstić information content (AvgIpc) is 2.74. The van der Waals surface area contributed by atoms with Gasteiger partial charge in [0, 0.05) is 0 Å². The molecule has 3 aromatic carbocycles. The second kappa shape index (κ2) is 8.52.